The van der Waals surface area contributed by atoms with Crippen LogP contribution < -0.4 is 11.1 Å². The molecule has 1 aromatic heterocycles. The number of benzene rings is 1. The van der Waals surface area contributed by atoms with Gasteiger partial charge in [-0.2, -0.15) is 0 Å². The van der Waals surface area contributed by atoms with Crippen LogP contribution >= 0.6 is 11.6 Å². The Morgan fingerprint density at radius 3 is 2.67 bits per heavy atom. The van der Waals surface area contributed by atoms with Crippen molar-refractivity contribution in [3.05, 3.63) is 53.2 Å². The molecule has 1 atom stereocenters. The Morgan fingerprint density at radius 2 is 1.94 bits per heavy atom. The van der Waals surface area contributed by atoms with Crippen molar-refractivity contribution < 1.29 is 0 Å². The van der Waals surface area contributed by atoms with Gasteiger partial charge in [-0.25, -0.2) is 4.98 Å². The first-order chi connectivity index (χ1) is 8.65. The molecule has 0 amide bonds. The molecule has 4 heteroatoms. The Kier molecular flexibility index (Phi) is 4.05. The molecule has 1 unspecified atom stereocenters. The molecular weight excluding hydrogens is 246 g/mol. The van der Waals surface area contributed by atoms with E-state index in [1.54, 1.807) is 12.1 Å². The fourth-order valence-electron chi connectivity index (χ4n) is 1.81. The molecule has 18 heavy (non-hydrogen) atoms. The van der Waals surface area contributed by atoms with Crippen LogP contribution in [0.5, 0.6) is 0 Å². The molecule has 1 aromatic carbocycles. The summed E-state index contributed by atoms with van der Waals surface area (Å²) < 4.78 is 0. The Labute approximate surface area is 112 Å². The number of rotatable bonds is 4. The third-order valence-electron chi connectivity index (χ3n) is 2.66. The van der Waals surface area contributed by atoms with Crippen LogP contribution in [0.2, 0.25) is 5.15 Å². The fourth-order valence-corrected chi connectivity index (χ4v) is 1.96. The van der Waals surface area contributed by atoms with Crippen LogP contribution in [-0.2, 0) is 6.42 Å². The predicted molar refractivity (Wildman–Crippen MR) is 76.9 cm³/mol. The van der Waals surface area contributed by atoms with E-state index in [1.165, 1.54) is 5.56 Å². The lowest BCUT2D eigenvalue weighted by Crippen LogP contribution is -2.19. The monoisotopic (exact) mass is 261 g/mol. The van der Waals surface area contributed by atoms with Crippen molar-refractivity contribution in [3.8, 4) is 0 Å². The highest BCUT2D eigenvalue weighted by Gasteiger charge is 2.07. The average Bonchev–Trinajstić information content (AvgIpc) is 2.35. The minimum atomic E-state index is 0.237. The molecule has 0 spiro atoms. The summed E-state index contributed by atoms with van der Waals surface area (Å²) in [4.78, 5) is 4.18. The van der Waals surface area contributed by atoms with Crippen LogP contribution in [0.1, 0.15) is 12.5 Å². The van der Waals surface area contributed by atoms with Crippen molar-refractivity contribution in [1.29, 1.82) is 0 Å². The van der Waals surface area contributed by atoms with Gasteiger partial charge in [0.15, 0.2) is 5.82 Å². The first kappa shape index (κ1) is 12.7. The standard InChI is InChI=1S/C14H16ClN3/c1-10(9-11-5-3-2-4-6-11)17-14-12(16)7-8-13(15)18-14/h2-8,10H,9,16H2,1H3,(H,17,18). The fraction of sp³-hybridized carbons (Fsp3) is 0.214. The zero-order valence-corrected chi connectivity index (χ0v) is 11.0. The number of hydrogen-bond acceptors (Lipinski definition) is 3. The van der Waals surface area contributed by atoms with Gasteiger partial charge in [-0.15, -0.1) is 0 Å². The quantitative estimate of drug-likeness (QED) is 0.830. The van der Waals surface area contributed by atoms with Crippen LogP contribution in [0.4, 0.5) is 11.5 Å². The first-order valence-corrected chi connectivity index (χ1v) is 6.25. The third-order valence-corrected chi connectivity index (χ3v) is 2.87. The highest BCUT2D eigenvalue weighted by Crippen LogP contribution is 2.19. The number of halogens is 1. The summed E-state index contributed by atoms with van der Waals surface area (Å²) in [5, 5.41) is 3.72. The Morgan fingerprint density at radius 1 is 1.22 bits per heavy atom. The number of aromatic nitrogens is 1. The van der Waals surface area contributed by atoms with E-state index in [4.69, 9.17) is 17.3 Å². The molecule has 0 aliphatic heterocycles. The Hall–Kier alpha value is -1.74. The maximum Gasteiger partial charge on any atom is 0.151 e. The molecule has 0 bridgehead atoms. The van der Waals surface area contributed by atoms with Gasteiger partial charge in [-0.3, -0.25) is 0 Å². The van der Waals surface area contributed by atoms with Crippen molar-refractivity contribution in [2.45, 2.75) is 19.4 Å². The van der Waals surface area contributed by atoms with E-state index in [1.807, 2.05) is 18.2 Å². The zero-order valence-electron chi connectivity index (χ0n) is 10.2. The van der Waals surface area contributed by atoms with Gasteiger partial charge in [0.05, 0.1) is 5.69 Å². The number of nitrogen functional groups attached to an aromatic ring is 1. The number of nitrogens with two attached hydrogens (primary N) is 1. The summed E-state index contributed by atoms with van der Waals surface area (Å²) in [5.74, 6) is 0.644. The van der Waals surface area contributed by atoms with Gasteiger partial charge in [-0.1, -0.05) is 41.9 Å². The molecule has 3 nitrogen and oxygen atoms in total. The number of pyridine rings is 1. The van der Waals surface area contributed by atoms with Gasteiger partial charge in [0, 0.05) is 6.04 Å². The van der Waals surface area contributed by atoms with Crippen LogP contribution in [0.25, 0.3) is 0 Å². The Balaban J connectivity index is 2.03. The van der Waals surface area contributed by atoms with E-state index in [2.05, 4.69) is 29.4 Å². The third kappa shape index (κ3) is 3.37. The average molecular weight is 262 g/mol. The van der Waals surface area contributed by atoms with Crippen LogP contribution in [-0.4, -0.2) is 11.0 Å². The summed E-state index contributed by atoms with van der Waals surface area (Å²) in [5.41, 5.74) is 7.73. The highest BCUT2D eigenvalue weighted by molar-refractivity contribution is 6.29. The van der Waals surface area contributed by atoms with E-state index >= 15 is 0 Å². The van der Waals surface area contributed by atoms with Crippen molar-refractivity contribution in [1.82, 2.24) is 4.98 Å². The second-order valence-corrected chi connectivity index (χ2v) is 4.69. The second-order valence-electron chi connectivity index (χ2n) is 4.31. The highest BCUT2D eigenvalue weighted by atomic mass is 35.5. The lowest BCUT2D eigenvalue weighted by Gasteiger charge is -2.16. The number of hydrogen-bond donors (Lipinski definition) is 2. The summed E-state index contributed by atoms with van der Waals surface area (Å²) >= 11 is 5.85. The largest absolute Gasteiger partial charge is 0.396 e. The minimum absolute atomic E-state index is 0.237. The van der Waals surface area contributed by atoms with Crippen LogP contribution in [0, 0.1) is 0 Å². The van der Waals surface area contributed by atoms with Gasteiger partial charge >= 0.3 is 0 Å². The van der Waals surface area contributed by atoms with E-state index < -0.39 is 0 Å². The molecule has 0 aliphatic rings. The molecule has 0 radical (unpaired) electrons. The molecular formula is C14H16ClN3. The first-order valence-electron chi connectivity index (χ1n) is 5.87. The van der Waals surface area contributed by atoms with Crippen molar-refractivity contribution in [2.75, 3.05) is 11.1 Å². The zero-order chi connectivity index (χ0) is 13.0. The maximum absolute atomic E-state index is 5.85. The number of nitrogens with zero attached hydrogens (tertiary/aromatic N) is 1. The van der Waals surface area contributed by atoms with Crippen molar-refractivity contribution >= 4 is 23.1 Å². The minimum Gasteiger partial charge on any atom is -0.396 e. The normalized spacial score (nSPS) is 12.1. The molecule has 0 aliphatic carbocycles. The molecule has 2 rings (SSSR count). The van der Waals surface area contributed by atoms with Gasteiger partial charge < -0.3 is 11.1 Å². The topological polar surface area (TPSA) is 50.9 Å². The summed E-state index contributed by atoms with van der Waals surface area (Å²) in [6.07, 6.45) is 0.911. The van der Waals surface area contributed by atoms with Crippen molar-refractivity contribution in [3.63, 3.8) is 0 Å². The van der Waals surface area contributed by atoms with Gasteiger partial charge in [0.2, 0.25) is 0 Å². The molecule has 1 heterocycles. The molecule has 0 saturated heterocycles. The van der Waals surface area contributed by atoms with Crippen molar-refractivity contribution in [2.24, 2.45) is 0 Å². The molecule has 94 valence electrons. The Bertz CT molecular complexity index is 514. The van der Waals surface area contributed by atoms with E-state index in [0.29, 0.717) is 16.7 Å². The summed E-state index contributed by atoms with van der Waals surface area (Å²) in [7, 11) is 0. The second kappa shape index (κ2) is 5.74. The molecule has 3 N–H and O–H groups in total. The summed E-state index contributed by atoms with van der Waals surface area (Å²) in [6, 6.07) is 14.0. The van der Waals surface area contributed by atoms with Gasteiger partial charge in [0.25, 0.3) is 0 Å². The lowest BCUT2D eigenvalue weighted by atomic mass is 10.1. The molecule has 0 saturated carbocycles. The van der Waals surface area contributed by atoms with Gasteiger partial charge in [0.1, 0.15) is 5.15 Å². The summed E-state index contributed by atoms with van der Waals surface area (Å²) in [6.45, 7) is 2.09. The lowest BCUT2D eigenvalue weighted by molar-refractivity contribution is 0.785. The predicted octanol–water partition coefficient (Wildman–Crippen LogP) is 3.36. The van der Waals surface area contributed by atoms with Crippen LogP contribution in [0.15, 0.2) is 42.5 Å². The van der Waals surface area contributed by atoms with E-state index in [-0.39, 0.29) is 6.04 Å². The van der Waals surface area contributed by atoms with Gasteiger partial charge in [-0.05, 0) is 31.0 Å². The number of nitrogens with one attached hydrogen (secondary N) is 1. The SMILES string of the molecule is CC(Cc1ccccc1)Nc1nc(Cl)ccc1N. The van der Waals surface area contributed by atoms with Crippen LogP contribution in [0.3, 0.4) is 0 Å². The molecule has 2 aromatic rings. The maximum atomic E-state index is 5.85. The molecule has 0 fully saturated rings. The van der Waals surface area contributed by atoms with E-state index in [0.717, 1.165) is 6.42 Å². The number of anilines is 2. The smallest absolute Gasteiger partial charge is 0.151 e. The van der Waals surface area contributed by atoms with E-state index in [9.17, 15) is 0 Å².